The van der Waals surface area contributed by atoms with Crippen LogP contribution in [0.5, 0.6) is 0 Å². The van der Waals surface area contributed by atoms with E-state index in [4.69, 9.17) is 33.3 Å². The molecule has 4 heterocycles. The average molecular weight is 880 g/mol. The maximum Gasteiger partial charge on any atom is 1.00 e. The largest absolute Gasteiger partial charge is 1.00 e. The van der Waals surface area contributed by atoms with Gasteiger partial charge in [-0.3, -0.25) is 29.0 Å². The van der Waals surface area contributed by atoms with E-state index in [1.807, 2.05) is 6.07 Å². The van der Waals surface area contributed by atoms with E-state index in [-0.39, 0.29) is 80.0 Å². The SMILES string of the molecule is ClCCN1CCOCC1.O=C1c2ccccc2C(=O)c2c1ccc1[nH]c(=S)[nH]c21.O=C1c2ccccc2C(=O)c2c1ccc1[nH]c(SCCN3CCOCC3)nc21.[K+].[OH-]. The molecular formula is C42H40ClKN6O7S2. The van der Waals surface area contributed by atoms with E-state index in [0.717, 1.165) is 93.5 Å². The summed E-state index contributed by atoms with van der Waals surface area (Å²) in [6.45, 7) is 9.32. The van der Waals surface area contributed by atoms with Gasteiger partial charge in [0.15, 0.2) is 33.1 Å². The summed E-state index contributed by atoms with van der Waals surface area (Å²) >= 11 is 12.2. The first-order chi connectivity index (χ1) is 27.8. The third-order valence-corrected chi connectivity index (χ3v) is 11.6. The first-order valence-corrected chi connectivity index (χ1v) is 20.7. The smallest absolute Gasteiger partial charge is 0.870 e. The number of morpholine rings is 2. The molecule has 0 amide bonds. The minimum Gasteiger partial charge on any atom is -0.870 e. The Morgan fingerprint density at radius 1 is 0.627 bits per heavy atom. The van der Waals surface area contributed by atoms with Crippen molar-refractivity contribution in [1.29, 1.82) is 0 Å². The van der Waals surface area contributed by atoms with Crippen LogP contribution in [0, 0.1) is 4.77 Å². The van der Waals surface area contributed by atoms with Gasteiger partial charge in [0, 0.05) is 84.3 Å². The van der Waals surface area contributed by atoms with Crippen LogP contribution in [0.25, 0.3) is 22.1 Å². The van der Waals surface area contributed by atoms with Crippen LogP contribution >= 0.6 is 35.6 Å². The predicted octanol–water partition coefficient (Wildman–Crippen LogP) is 3.15. The van der Waals surface area contributed by atoms with Gasteiger partial charge in [-0.25, -0.2) is 4.98 Å². The molecule has 0 atom stereocenters. The molecule has 59 heavy (non-hydrogen) atoms. The zero-order chi connectivity index (χ0) is 39.5. The number of benzene rings is 4. The Labute approximate surface area is 396 Å². The molecule has 2 aromatic heterocycles. The van der Waals surface area contributed by atoms with Gasteiger partial charge in [0.05, 0.1) is 54.1 Å². The summed E-state index contributed by atoms with van der Waals surface area (Å²) in [4.78, 5) is 69.6. The predicted molar refractivity (Wildman–Crippen MR) is 224 cm³/mol. The minimum absolute atomic E-state index is 0. The molecular weight excluding hydrogens is 839 g/mol. The summed E-state index contributed by atoms with van der Waals surface area (Å²) in [6.07, 6.45) is 0. The number of halogens is 1. The van der Waals surface area contributed by atoms with E-state index in [9.17, 15) is 19.2 Å². The molecule has 2 aliphatic carbocycles. The standard InChI is InChI=1S/C21H19N3O3S.C15H8N2O2S.C6H12ClNO.K.H2O/c25-19-13-3-1-2-4-14(13)20(26)17-15(19)5-6-16-18(17)23-21(22-16)28-12-9-24-7-10-27-11-8-24;18-13-7-3-1-2-4-8(7)14(19)11-9(13)5-6-10-12(11)17-15(20)16-10;7-1-2-8-3-5-9-6-4-8;;/h1-6H,7-12H2,(H,22,23);1-6H,(H2,16,17,20);1-6H2;;1H2/q;;;+1;/p-1. The number of fused-ring (bicyclic) bond motifs is 8. The van der Waals surface area contributed by atoms with Gasteiger partial charge in [0.2, 0.25) is 0 Å². The molecule has 4 aliphatic rings. The van der Waals surface area contributed by atoms with Gasteiger partial charge in [0.25, 0.3) is 0 Å². The first kappa shape index (κ1) is 45.3. The maximum absolute atomic E-state index is 13.1. The van der Waals surface area contributed by atoms with Crippen LogP contribution in [0.2, 0.25) is 0 Å². The van der Waals surface area contributed by atoms with E-state index < -0.39 is 0 Å². The molecule has 6 aromatic rings. The topological polar surface area (TPSA) is 183 Å². The zero-order valence-electron chi connectivity index (χ0n) is 32.3. The number of alkyl halides is 1. The molecule has 2 saturated heterocycles. The number of imidazole rings is 2. The van der Waals surface area contributed by atoms with E-state index in [2.05, 4.69) is 29.7 Å². The van der Waals surface area contributed by atoms with Gasteiger partial charge >= 0.3 is 51.4 Å². The number of carbonyl (C=O) groups excluding carboxylic acids is 4. The Kier molecular flexibility index (Phi) is 15.8. The fourth-order valence-electron chi connectivity index (χ4n) is 7.43. The van der Waals surface area contributed by atoms with Gasteiger partial charge in [-0.1, -0.05) is 60.3 Å². The van der Waals surface area contributed by atoms with Gasteiger partial charge in [-0.15, -0.1) is 11.6 Å². The fraction of sp³-hybridized carbons (Fsp3) is 0.286. The molecule has 13 nitrogen and oxygen atoms in total. The normalized spacial score (nSPS) is 16.0. The molecule has 2 fully saturated rings. The van der Waals surface area contributed by atoms with Crippen LogP contribution in [0.15, 0.2) is 78.0 Å². The Morgan fingerprint density at radius 2 is 1.12 bits per heavy atom. The second-order valence-corrected chi connectivity index (χ2v) is 15.6. The zero-order valence-corrected chi connectivity index (χ0v) is 37.9. The van der Waals surface area contributed by atoms with Crippen molar-refractivity contribution in [3.63, 3.8) is 0 Å². The first-order valence-electron chi connectivity index (χ1n) is 18.8. The number of aromatic amines is 3. The summed E-state index contributed by atoms with van der Waals surface area (Å²) in [5, 5.41) is 0.774. The minimum atomic E-state index is -0.147. The number of ketones is 4. The molecule has 4 N–H and O–H groups in total. The molecule has 0 spiro atoms. The van der Waals surface area contributed by atoms with E-state index in [1.165, 1.54) is 0 Å². The summed E-state index contributed by atoms with van der Waals surface area (Å²) in [6, 6.07) is 20.9. The maximum atomic E-state index is 13.1. The number of nitrogens with one attached hydrogen (secondary N) is 3. The van der Waals surface area contributed by atoms with Crippen molar-refractivity contribution >= 4 is 80.8 Å². The van der Waals surface area contributed by atoms with Crippen molar-refractivity contribution in [2.75, 3.05) is 77.3 Å². The van der Waals surface area contributed by atoms with Crippen LogP contribution in [0.4, 0.5) is 0 Å². The van der Waals surface area contributed by atoms with Gasteiger partial charge in [-0.2, -0.15) is 0 Å². The van der Waals surface area contributed by atoms with E-state index >= 15 is 0 Å². The second kappa shape index (κ2) is 20.6. The van der Waals surface area contributed by atoms with Crippen LogP contribution in [0.1, 0.15) is 63.7 Å². The molecule has 17 heteroatoms. The van der Waals surface area contributed by atoms with Crippen molar-refractivity contribution < 1.29 is 85.5 Å². The summed E-state index contributed by atoms with van der Waals surface area (Å²) < 4.78 is 11.0. The summed E-state index contributed by atoms with van der Waals surface area (Å²) in [5.74, 6) is 1.12. The number of thioether (sulfide) groups is 1. The summed E-state index contributed by atoms with van der Waals surface area (Å²) in [5.41, 5.74) is 6.19. The second-order valence-electron chi connectivity index (χ2n) is 13.8. The van der Waals surface area contributed by atoms with Crippen molar-refractivity contribution in [1.82, 2.24) is 29.7 Å². The third-order valence-electron chi connectivity index (χ3n) is 10.4. The van der Waals surface area contributed by atoms with Crippen molar-refractivity contribution in [3.8, 4) is 0 Å². The fourth-order valence-corrected chi connectivity index (χ4v) is 8.76. The third kappa shape index (κ3) is 9.65. The Balaban J connectivity index is 0.000000165. The Bertz CT molecular complexity index is 2580. The Hall–Kier alpha value is -3.20. The number of aromatic nitrogens is 4. The van der Waals surface area contributed by atoms with E-state index in [0.29, 0.717) is 60.3 Å². The molecule has 2 aliphatic heterocycles. The number of rotatable bonds is 6. The van der Waals surface area contributed by atoms with Gasteiger partial charge in [-0.05, 0) is 36.5 Å². The molecule has 300 valence electrons. The number of carbonyl (C=O) groups is 4. The number of nitrogens with zero attached hydrogens (tertiary/aromatic N) is 3. The number of hydrogen-bond donors (Lipinski definition) is 3. The quantitative estimate of drug-likeness (QED) is 0.0963. The number of H-pyrrole nitrogens is 3. The summed E-state index contributed by atoms with van der Waals surface area (Å²) in [7, 11) is 0. The molecule has 0 unspecified atom stereocenters. The van der Waals surface area contributed by atoms with Gasteiger partial charge < -0.3 is 29.9 Å². The van der Waals surface area contributed by atoms with Crippen LogP contribution in [0.3, 0.4) is 0 Å². The average Bonchev–Trinajstić information content (AvgIpc) is 3.85. The molecule has 4 aromatic carbocycles. The van der Waals surface area contributed by atoms with Gasteiger partial charge in [0.1, 0.15) is 5.52 Å². The van der Waals surface area contributed by atoms with Crippen LogP contribution < -0.4 is 51.4 Å². The van der Waals surface area contributed by atoms with Crippen molar-refractivity contribution in [2.45, 2.75) is 5.16 Å². The Morgan fingerprint density at radius 3 is 1.68 bits per heavy atom. The van der Waals surface area contributed by atoms with Crippen molar-refractivity contribution in [2.24, 2.45) is 0 Å². The van der Waals surface area contributed by atoms with E-state index in [1.54, 1.807) is 78.5 Å². The molecule has 10 rings (SSSR count). The molecule has 0 bridgehead atoms. The monoisotopic (exact) mass is 878 g/mol. The van der Waals surface area contributed by atoms with Crippen LogP contribution in [-0.4, -0.2) is 136 Å². The van der Waals surface area contributed by atoms with Crippen LogP contribution in [-0.2, 0) is 9.47 Å². The number of ether oxygens (including phenoxy) is 2. The van der Waals surface area contributed by atoms with Crippen molar-refractivity contribution in [3.05, 3.63) is 122 Å². The molecule has 0 radical (unpaired) electrons. The molecule has 0 saturated carbocycles. The number of hydrogen-bond acceptors (Lipinski definition) is 12.